The van der Waals surface area contributed by atoms with E-state index in [1.807, 2.05) is 0 Å². The van der Waals surface area contributed by atoms with Crippen molar-refractivity contribution in [3.8, 4) is 0 Å². The Kier molecular flexibility index (Phi) is 3.66. The molecule has 5 nitrogen and oxygen atoms in total. The smallest absolute Gasteiger partial charge is 0.326 e. The predicted molar refractivity (Wildman–Crippen MR) is 62.3 cm³/mol. The Morgan fingerprint density at radius 2 is 2.00 bits per heavy atom. The number of carboxylic acid groups (broad SMARTS) is 1. The summed E-state index contributed by atoms with van der Waals surface area (Å²) in [5, 5.41) is 9.08. The van der Waals surface area contributed by atoms with Gasteiger partial charge in [0.1, 0.15) is 6.04 Å². The van der Waals surface area contributed by atoms with E-state index in [9.17, 15) is 9.59 Å². The van der Waals surface area contributed by atoms with Gasteiger partial charge in [0.2, 0.25) is 5.91 Å². The van der Waals surface area contributed by atoms with Gasteiger partial charge < -0.3 is 15.7 Å². The molecule has 1 saturated heterocycles. The van der Waals surface area contributed by atoms with E-state index in [-0.39, 0.29) is 17.7 Å². The summed E-state index contributed by atoms with van der Waals surface area (Å²) in [6, 6.07) is -0.610. The van der Waals surface area contributed by atoms with Crippen LogP contribution < -0.4 is 5.73 Å². The molecule has 1 aliphatic heterocycles. The van der Waals surface area contributed by atoms with Gasteiger partial charge in [-0.1, -0.05) is 6.42 Å². The number of nitrogens with two attached hydrogens (primary N) is 1. The van der Waals surface area contributed by atoms with Crippen molar-refractivity contribution >= 4 is 11.9 Å². The van der Waals surface area contributed by atoms with Gasteiger partial charge in [-0.2, -0.15) is 0 Å². The molecule has 1 saturated carbocycles. The minimum atomic E-state index is -0.877. The number of rotatable bonds is 3. The lowest BCUT2D eigenvalue weighted by molar-refractivity contribution is -0.150. The zero-order chi connectivity index (χ0) is 12.4. The number of amides is 1. The lowest BCUT2D eigenvalue weighted by Crippen LogP contribution is -2.45. The monoisotopic (exact) mass is 240 g/mol. The van der Waals surface area contributed by atoms with E-state index >= 15 is 0 Å². The third-order valence-electron chi connectivity index (χ3n) is 4.10. The lowest BCUT2D eigenvalue weighted by Gasteiger charge is -2.27. The van der Waals surface area contributed by atoms with E-state index in [0.29, 0.717) is 19.5 Å². The average Bonchev–Trinajstić information content (AvgIpc) is 2.96. The Labute approximate surface area is 101 Å². The van der Waals surface area contributed by atoms with Gasteiger partial charge in [0.05, 0.1) is 0 Å². The summed E-state index contributed by atoms with van der Waals surface area (Å²) in [6.45, 7) is 1.12. The first kappa shape index (κ1) is 12.4. The fourth-order valence-corrected chi connectivity index (χ4v) is 3.14. The van der Waals surface area contributed by atoms with Crippen LogP contribution in [0.2, 0.25) is 0 Å². The van der Waals surface area contributed by atoms with Crippen LogP contribution in [0.5, 0.6) is 0 Å². The van der Waals surface area contributed by atoms with Gasteiger partial charge in [0.15, 0.2) is 0 Å². The largest absolute Gasteiger partial charge is 0.480 e. The third kappa shape index (κ3) is 2.29. The van der Waals surface area contributed by atoms with E-state index in [1.165, 1.54) is 0 Å². The molecule has 1 amide bonds. The molecule has 3 N–H and O–H groups in total. The number of carbonyl (C=O) groups excluding carboxylic acids is 1. The lowest BCUT2D eigenvalue weighted by atomic mass is 9.94. The molecule has 2 fully saturated rings. The molecule has 1 heterocycles. The number of hydrogen-bond donors (Lipinski definition) is 2. The van der Waals surface area contributed by atoms with Crippen LogP contribution >= 0.6 is 0 Å². The van der Waals surface area contributed by atoms with Gasteiger partial charge in [-0.3, -0.25) is 4.79 Å². The van der Waals surface area contributed by atoms with Crippen molar-refractivity contribution in [3.05, 3.63) is 0 Å². The molecule has 0 spiro atoms. The molecular formula is C12H20N2O3. The second kappa shape index (κ2) is 5.04. The predicted octanol–water partition coefficient (Wildman–Crippen LogP) is 0.437. The fraction of sp³-hybridized carbons (Fsp3) is 0.833. The van der Waals surface area contributed by atoms with Crippen LogP contribution in [0.1, 0.15) is 32.1 Å². The SMILES string of the molecule is NCC1CCCC1C(=O)N1CCC[C@@H]1C(=O)O. The van der Waals surface area contributed by atoms with E-state index < -0.39 is 12.0 Å². The average molecular weight is 240 g/mol. The second-order valence-electron chi connectivity index (χ2n) is 5.06. The van der Waals surface area contributed by atoms with Crippen LogP contribution in [0.15, 0.2) is 0 Å². The summed E-state index contributed by atoms with van der Waals surface area (Å²) in [6.07, 6.45) is 4.27. The third-order valence-corrected chi connectivity index (χ3v) is 4.10. The van der Waals surface area contributed by atoms with Crippen LogP contribution in [0.25, 0.3) is 0 Å². The first-order valence-electron chi connectivity index (χ1n) is 6.38. The molecule has 0 aromatic heterocycles. The highest BCUT2D eigenvalue weighted by Crippen LogP contribution is 2.34. The van der Waals surface area contributed by atoms with Crippen molar-refractivity contribution in [3.63, 3.8) is 0 Å². The van der Waals surface area contributed by atoms with Gasteiger partial charge in [0.25, 0.3) is 0 Å². The first-order chi connectivity index (χ1) is 8.15. The van der Waals surface area contributed by atoms with Crippen molar-refractivity contribution < 1.29 is 14.7 Å². The normalized spacial score (nSPS) is 33.0. The quantitative estimate of drug-likeness (QED) is 0.749. The van der Waals surface area contributed by atoms with Crippen LogP contribution in [0, 0.1) is 11.8 Å². The summed E-state index contributed by atoms with van der Waals surface area (Å²) < 4.78 is 0. The van der Waals surface area contributed by atoms with Crippen molar-refractivity contribution in [1.29, 1.82) is 0 Å². The molecule has 0 aromatic rings. The summed E-state index contributed by atoms with van der Waals surface area (Å²) in [7, 11) is 0. The van der Waals surface area contributed by atoms with Crippen LogP contribution in [0.4, 0.5) is 0 Å². The highest BCUT2D eigenvalue weighted by molar-refractivity contribution is 5.86. The summed E-state index contributed by atoms with van der Waals surface area (Å²) >= 11 is 0. The number of carbonyl (C=O) groups is 2. The number of nitrogens with zero attached hydrogens (tertiary/aromatic N) is 1. The van der Waals surface area contributed by atoms with Gasteiger partial charge >= 0.3 is 5.97 Å². The summed E-state index contributed by atoms with van der Waals surface area (Å²) in [5.41, 5.74) is 5.67. The Balaban J connectivity index is 2.06. The molecule has 96 valence electrons. The van der Waals surface area contributed by atoms with Gasteiger partial charge in [0, 0.05) is 12.5 Å². The molecule has 1 aliphatic carbocycles. The van der Waals surface area contributed by atoms with Gasteiger partial charge in [-0.15, -0.1) is 0 Å². The Morgan fingerprint density at radius 1 is 1.24 bits per heavy atom. The van der Waals surface area contributed by atoms with Crippen LogP contribution in [-0.2, 0) is 9.59 Å². The molecule has 3 atom stereocenters. The molecule has 17 heavy (non-hydrogen) atoms. The van der Waals surface area contributed by atoms with Crippen molar-refractivity contribution in [2.45, 2.75) is 38.1 Å². The molecular weight excluding hydrogens is 220 g/mol. The van der Waals surface area contributed by atoms with E-state index in [0.717, 1.165) is 25.7 Å². The van der Waals surface area contributed by atoms with E-state index in [1.54, 1.807) is 4.90 Å². The van der Waals surface area contributed by atoms with Crippen LogP contribution in [-0.4, -0.2) is 41.0 Å². The number of carboxylic acids is 1. The number of aliphatic carboxylic acids is 1. The maximum Gasteiger partial charge on any atom is 0.326 e. The molecule has 2 unspecified atom stereocenters. The zero-order valence-corrected chi connectivity index (χ0v) is 9.97. The number of likely N-dealkylation sites (tertiary alicyclic amines) is 1. The van der Waals surface area contributed by atoms with Crippen molar-refractivity contribution in [2.75, 3.05) is 13.1 Å². The number of hydrogen-bond acceptors (Lipinski definition) is 3. The molecule has 5 heteroatoms. The van der Waals surface area contributed by atoms with Gasteiger partial charge in [-0.25, -0.2) is 4.79 Å². The summed E-state index contributed by atoms with van der Waals surface area (Å²) in [4.78, 5) is 25.0. The minimum absolute atomic E-state index is 0.0165. The zero-order valence-electron chi connectivity index (χ0n) is 9.97. The Hall–Kier alpha value is -1.10. The summed E-state index contributed by atoms with van der Waals surface area (Å²) in [5.74, 6) is -0.654. The minimum Gasteiger partial charge on any atom is -0.480 e. The second-order valence-corrected chi connectivity index (χ2v) is 5.06. The molecule has 0 aromatic carbocycles. The Morgan fingerprint density at radius 3 is 2.65 bits per heavy atom. The van der Waals surface area contributed by atoms with E-state index in [2.05, 4.69) is 0 Å². The molecule has 2 aliphatic rings. The first-order valence-corrected chi connectivity index (χ1v) is 6.38. The van der Waals surface area contributed by atoms with E-state index in [4.69, 9.17) is 10.8 Å². The molecule has 0 radical (unpaired) electrons. The maximum atomic E-state index is 12.3. The molecule has 0 bridgehead atoms. The van der Waals surface area contributed by atoms with Crippen molar-refractivity contribution in [1.82, 2.24) is 4.90 Å². The highest BCUT2D eigenvalue weighted by atomic mass is 16.4. The standard InChI is InChI=1S/C12H20N2O3/c13-7-8-3-1-4-9(8)11(15)14-6-2-5-10(14)12(16)17/h8-10H,1-7,13H2,(H,16,17)/t8?,9?,10-/m1/s1. The van der Waals surface area contributed by atoms with Crippen molar-refractivity contribution in [2.24, 2.45) is 17.6 Å². The highest BCUT2D eigenvalue weighted by Gasteiger charge is 2.40. The van der Waals surface area contributed by atoms with Gasteiger partial charge in [-0.05, 0) is 38.1 Å². The topological polar surface area (TPSA) is 83.6 Å². The fourth-order valence-electron chi connectivity index (χ4n) is 3.14. The maximum absolute atomic E-state index is 12.3. The van der Waals surface area contributed by atoms with Crippen LogP contribution in [0.3, 0.4) is 0 Å². The molecule has 2 rings (SSSR count). The Bertz CT molecular complexity index is 319.